The monoisotopic (exact) mass is 794 g/mol. The van der Waals surface area contributed by atoms with Crippen molar-refractivity contribution in [2.24, 2.45) is 0 Å². The molecule has 2 heteroatoms. The summed E-state index contributed by atoms with van der Waals surface area (Å²) in [5, 5.41) is 23.1. The van der Waals surface area contributed by atoms with Crippen molar-refractivity contribution < 1.29 is 0 Å². The molecule has 0 saturated heterocycles. The normalized spacial score (nSPS) is 12.5. The van der Waals surface area contributed by atoms with E-state index in [-0.39, 0.29) is 0 Å². The van der Waals surface area contributed by atoms with Crippen LogP contribution in [-0.4, -0.2) is 0 Å². The number of hydrogen-bond donors (Lipinski definition) is 0. The quantitative estimate of drug-likeness (QED) is 0.156. The SMILES string of the molecule is C(=Cc1cc2cc3cc4cc5sc(C=Cc6ccc7cc8cc9ccccc9cc8cc7c6)cc5cc4cc3cc2s1)c1ccc2cc3cc4ccccc4cc3cc2c1. The Morgan fingerprint density at radius 1 is 0.217 bits per heavy atom. The molecular weight excluding hydrogens is 761 g/mol. The summed E-state index contributed by atoms with van der Waals surface area (Å²) >= 11 is 3.72. The van der Waals surface area contributed by atoms with Crippen molar-refractivity contribution >= 4 is 153 Å². The fourth-order valence-corrected chi connectivity index (χ4v) is 11.3. The van der Waals surface area contributed by atoms with Crippen molar-refractivity contribution in [2.45, 2.75) is 0 Å². The Balaban J connectivity index is 0.776. The first-order valence-electron chi connectivity index (χ1n) is 20.5. The predicted octanol–water partition coefficient (Wildman–Crippen LogP) is 17.7. The maximum Gasteiger partial charge on any atom is 0.0355 e. The molecule has 0 spiro atoms. The zero-order chi connectivity index (χ0) is 39.3. The average Bonchev–Trinajstić information content (AvgIpc) is 3.87. The fraction of sp³-hybridized carbons (Fsp3) is 0. The summed E-state index contributed by atoms with van der Waals surface area (Å²) in [6.45, 7) is 0. The van der Waals surface area contributed by atoms with Gasteiger partial charge in [0, 0.05) is 19.2 Å². The van der Waals surface area contributed by atoms with E-state index in [1.54, 1.807) is 0 Å². The van der Waals surface area contributed by atoms with E-state index >= 15 is 0 Å². The van der Waals surface area contributed by atoms with Gasteiger partial charge in [-0.3, -0.25) is 0 Å². The summed E-state index contributed by atoms with van der Waals surface area (Å²) in [7, 11) is 0. The second kappa shape index (κ2) is 13.2. The van der Waals surface area contributed by atoms with E-state index in [0.29, 0.717) is 0 Å². The molecule has 60 heavy (non-hydrogen) atoms. The molecule has 0 fully saturated rings. The third-order valence-corrected chi connectivity index (χ3v) is 14.5. The number of hydrogen-bond acceptors (Lipinski definition) is 2. The van der Waals surface area contributed by atoms with Crippen LogP contribution in [0.3, 0.4) is 0 Å². The molecule has 13 aromatic rings. The largest absolute Gasteiger partial charge is 0.136 e. The summed E-state index contributed by atoms with van der Waals surface area (Å²) in [5.41, 5.74) is 2.43. The lowest BCUT2D eigenvalue weighted by Crippen LogP contribution is -1.80. The van der Waals surface area contributed by atoms with Crippen LogP contribution in [0, 0.1) is 0 Å². The van der Waals surface area contributed by atoms with Crippen molar-refractivity contribution in [2.75, 3.05) is 0 Å². The first-order valence-corrected chi connectivity index (χ1v) is 22.1. The highest BCUT2D eigenvalue weighted by Crippen LogP contribution is 2.37. The third-order valence-electron chi connectivity index (χ3n) is 12.4. The van der Waals surface area contributed by atoms with Crippen molar-refractivity contribution in [3.63, 3.8) is 0 Å². The van der Waals surface area contributed by atoms with Crippen LogP contribution in [0.2, 0.25) is 0 Å². The minimum atomic E-state index is 1.21. The average molecular weight is 795 g/mol. The Labute approximate surface area is 354 Å². The van der Waals surface area contributed by atoms with Crippen molar-refractivity contribution in [1.29, 1.82) is 0 Å². The van der Waals surface area contributed by atoms with Gasteiger partial charge in [0.1, 0.15) is 0 Å². The van der Waals surface area contributed by atoms with Gasteiger partial charge >= 0.3 is 0 Å². The van der Waals surface area contributed by atoms with Gasteiger partial charge in [0.25, 0.3) is 0 Å². The van der Waals surface area contributed by atoms with Crippen LogP contribution in [-0.2, 0) is 0 Å². The van der Waals surface area contributed by atoms with Crippen LogP contribution >= 0.6 is 22.7 Å². The molecule has 13 rings (SSSR count). The molecule has 2 aromatic heterocycles. The van der Waals surface area contributed by atoms with Gasteiger partial charge in [-0.25, -0.2) is 0 Å². The molecule has 0 N–H and O–H groups in total. The molecular formula is C58H34S2. The van der Waals surface area contributed by atoms with Crippen molar-refractivity contribution in [3.8, 4) is 0 Å². The van der Waals surface area contributed by atoms with Gasteiger partial charge < -0.3 is 0 Å². The van der Waals surface area contributed by atoms with E-state index in [1.807, 2.05) is 22.7 Å². The van der Waals surface area contributed by atoms with Gasteiger partial charge in [-0.1, -0.05) is 84.9 Å². The molecule has 0 bridgehead atoms. The van der Waals surface area contributed by atoms with Crippen LogP contribution in [0.15, 0.2) is 182 Å². The van der Waals surface area contributed by atoms with Gasteiger partial charge in [-0.05, 0) is 229 Å². The number of rotatable bonds is 4. The molecule has 0 aliphatic carbocycles. The summed E-state index contributed by atoms with van der Waals surface area (Å²) in [6, 6.07) is 68.2. The molecule has 0 amide bonds. The Kier molecular flexibility index (Phi) is 7.45. The van der Waals surface area contributed by atoms with Gasteiger partial charge in [-0.15, -0.1) is 22.7 Å². The number of fused-ring (bicyclic) bond motifs is 10. The Morgan fingerprint density at radius 3 is 0.867 bits per heavy atom. The summed E-state index contributed by atoms with van der Waals surface area (Å²) in [5.74, 6) is 0. The Bertz CT molecular complexity index is 3660. The molecule has 0 radical (unpaired) electrons. The van der Waals surface area contributed by atoms with E-state index in [2.05, 4.69) is 206 Å². The van der Waals surface area contributed by atoms with E-state index in [1.165, 1.54) is 127 Å². The predicted molar refractivity (Wildman–Crippen MR) is 268 cm³/mol. The highest BCUT2D eigenvalue weighted by Gasteiger charge is 2.09. The van der Waals surface area contributed by atoms with E-state index in [0.717, 1.165) is 0 Å². The summed E-state index contributed by atoms with van der Waals surface area (Å²) in [6.07, 6.45) is 9.04. The Hall–Kier alpha value is -7.10. The topological polar surface area (TPSA) is 0 Å². The smallest absolute Gasteiger partial charge is 0.0355 e. The molecule has 278 valence electrons. The second-order valence-corrected chi connectivity index (χ2v) is 18.5. The maximum atomic E-state index is 2.37. The molecule has 0 nitrogen and oxygen atoms in total. The van der Waals surface area contributed by atoms with Gasteiger partial charge in [0.2, 0.25) is 0 Å². The highest BCUT2D eigenvalue weighted by molar-refractivity contribution is 7.20. The zero-order valence-electron chi connectivity index (χ0n) is 32.4. The summed E-state index contributed by atoms with van der Waals surface area (Å²) < 4.78 is 2.64. The zero-order valence-corrected chi connectivity index (χ0v) is 34.1. The van der Waals surface area contributed by atoms with Crippen molar-refractivity contribution in [1.82, 2.24) is 0 Å². The van der Waals surface area contributed by atoms with Crippen molar-refractivity contribution in [3.05, 3.63) is 203 Å². The third kappa shape index (κ3) is 5.87. The standard InChI is InChI=1S/C58H34S2/c1-3-7-39-21-47-25-43-17-35(9-13-41(43)23-45(47)19-37(39)5-1)11-15-55-31-53-29-49-27-52-34-58-54(30-50(52)28-51(49)33-57(53)59-55)32-56(60-58)16-12-36-10-14-42-24-46-20-38-6-2-4-8-40(38)22-48(46)26-44(42)18-36/h1-34H. The fourth-order valence-electron chi connectivity index (χ4n) is 9.27. The van der Waals surface area contributed by atoms with Crippen LogP contribution in [0.5, 0.6) is 0 Å². The van der Waals surface area contributed by atoms with Crippen LogP contribution in [0.1, 0.15) is 20.9 Å². The maximum absolute atomic E-state index is 2.37. The lowest BCUT2D eigenvalue weighted by atomic mass is 9.98. The Morgan fingerprint density at radius 2 is 0.500 bits per heavy atom. The van der Waals surface area contributed by atoms with Gasteiger partial charge in [-0.2, -0.15) is 0 Å². The minimum absolute atomic E-state index is 1.21. The highest BCUT2D eigenvalue weighted by atomic mass is 32.1. The van der Waals surface area contributed by atoms with Gasteiger partial charge in [0.15, 0.2) is 0 Å². The first kappa shape index (κ1) is 33.8. The first-order chi connectivity index (χ1) is 29.6. The molecule has 0 unspecified atom stereocenters. The lowest BCUT2D eigenvalue weighted by molar-refractivity contribution is 1.73. The molecule has 0 atom stereocenters. The number of benzene rings is 11. The number of thiophene rings is 2. The van der Waals surface area contributed by atoms with E-state index in [4.69, 9.17) is 0 Å². The molecule has 11 aromatic carbocycles. The molecule has 0 aliphatic heterocycles. The van der Waals surface area contributed by atoms with E-state index in [9.17, 15) is 0 Å². The second-order valence-electron chi connectivity index (χ2n) is 16.3. The molecule has 0 aliphatic rings. The van der Waals surface area contributed by atoms with E-state index < -0.39 is 0 Å². The van der Waals surface area contributed by atoms with Crippen LogP contribution < -0.4 is 0 Å². The van der Waals surface area contributed by atoms with Crippen LogP contribution in [0.25, 0.3) is 131 Å². The van der Waals surface area contributed by atoms with Crippen LogP contribution in [0.4, 0.5) is 0 Å². The molecule has 2 heterocycles. The lowest BCUT2D eigenvalue weighted by Gasteiger charge is -2.06. The summed E-state index contributed by atoms with van der Waals surface area (Å²) in [4.78, 5) is 2.53. The van der Waals surface area contributed by atoms with Gasteiger partial charge in [0.05, 0.1) is 0 Å². The minimum Gasteiger partial charge on any atom is -0.136 e. The molecule has 0 saturated carbocycles.